The summed E-state index contributed by atoms with van der Waals surface area (Å²) in [6.07, 6.45) is 9.68. The lowest BCUT2D eigenvalue weighted by atomic mass is 9.79. The van der Waals surface area contributed by atoms with E-state index in [0.717, 1.165) is 144 Å². The van der Waals surface area contributed by atoms with Crippen molar-refractivity contribution in [1.82, 2.24) is 45.5 Å². The SMILES string of the molecule is Cc1ncsc1-c1ccc([C@H](C)NC(=O)[C@@H]2C[C@@H](O)CN2C(=O)[C@@H](c2cc(N3CC(CC4CCN(CC5CCN(c6nc(N7CC8CCC(C7)N8)c7cnc8c(c7n6)C(C)c6cccc7cc(O)cc-8c67)CC5)CC4)C3)no2)C(C)C)cc1. The Morgan fingerprint density at radius 3 is 2.34 bits per heavy atom. The van der Waals surface area contributed by atoms with Crippen molar-refractivity contribution in [2.24, 2.45) is 23.7 Å². The van der Waals surface area contributed by atoms with Gasteiger partial charge in [0.05, 0.1) is 44.8 Å². The Labute approximate surface area is 489 Å². The molecule has 17 nitrogen and oxygen atoms in total. The highest BCUT2D eigenvalue weighted by atomic mass is 32.1. The summed E-state index contributed by atoms with van der Waals surface area (Å²) in [6, 6.07) is 20.1. The monoisotopic (exact) mass is 1140 g/mol. The van der Waals surface area contributed by atoms with E-state index in [1.54, 1.807) is 16.2 Å². The predicted molar refractivity (Wildman–Crippen MR) is 325 cm³/mol. The van der Waals surface area contributed by atoms with Gasteiger partial charge in [-0.25, -0.2) is 9.97 Å². The van der Waals surface area contributed by atoms with Gasteiger partial charge in [-0.3, -0.25) is 14.6 Å². The number of carbonyl (C=O) groups is 2. The second kappa shape index (κ2) is 22.0. The molecule has 0 spiro atoms. The van der Waals surface area contributed by atoms with Crippen molar-refractivity contribution in [3.05, 3.63) is 101 Å². The van der Waals surface area contributed by atoms with Crippen molar-refractivity contribution in [3.8, 4) is 27.4 Å². The molecule has 2 amide bonds. The topological polar surface area (TPSA) is 192 Å². The summed E-state index contributed by atoms with van der Waals surface area (Å²) in [4.78, 5) is 61.4. The maximum atomic E-state index is 14.4. The molecule has 434 valence electrons. The van der Waals surface area contributed by atoms with Crippen LogP contribution in [0, 0.1) is 30.6 Å². The number of aromatic nitrogens is 5. The summed E-state index contributed by atoms with van der Waals surface area (Å²) in [5.74, 6) is 4.10. The number of pyridine rings is 1. The minimum absolute atomic E-state index is 0.0774. The van der Waals surface area contributed by atoms with Gasteiger partial charge in [0.25, 0.3) is 0 Å². The number of nitrogens with zero attached hydrogens (tertiary/aromatic N) is 10. The van der Waals surface area contributed by atoms with Gasteiger partial charge in [0.1, 0.15) is 23.5 Å². The lowest BCUT2D eigenvalue weighted by Gasteiger charge is -2.43. The zero-order valence-electron chi connectivity index (χ0n) is 48.5. The van der Waals surface area contributed by atoms with Gasteiger partial charge in [0.2, 0.25) is 17.8 Å². The number of fused-ring (bicyclic) bond motifs is 6. The van der Waals surface area contributed by atoms with Gasteiger partial charge >= 0.3 is 0 Å². The summed E-state index contributed by atoms with van der Waals surface area (Å²) >= 11 is 1.61. The van der Waals surface area contributed by atoms with Crippen LogP contribution in [-0.2, 0) is 9.59 Å². The van der Waals surface area contributed by atoms with E-state index in [9.17, 15) is 19.8 Å². The molecule has 0 saturated carbocycles. The first-order valence-corrected chi connectivity index (χ1v) is 31.6. The van der Waals surface area contributed by atoms with Crippen molar-refractivity contribution < 1.29 is 24.3 Å². The molecule has 7 aliphatic rings. The van der Waals surface area contributed by atoms with Gasteiger partial charge in [-0.05, 0) is 135 Å². The highest BCUT2D eigenvalue weighted by molar-refractivity contribution is 7.13. The van der Waals surface area contributed by atoms with E-state index in [0.29, 0.717) is 35.6 Å². The van der Waals surface area contributed by atoms with E-state index in [-0.39, 0.29) is 48.4 Å². The van der Waals surface area contributed by atoms with Crippen molar-refractivity contribution in [2.45, 2.75) is 128 Å². The number of aryl methyl sites for hydroxylation is 1. The molecule has 6 fully saturated rings. The number of aliphatic hydroxyl groups excluding tert-OH is 1. The number of nitrogens with one attached hydrogen (secondary N) is 2. The molecule has 10 heterocycles. The van der Waals surface area contributed by atoms with E-state index in [2.05, 4.69) is 77.6 Å². The molecule has 3 aromatic carbocycles. The second-order valence-electron chi connectivity index (χ2n) is 25.8. The van der Waals surface area contributed by atoms with Crippen LogP contribution < -0.4 is 25.3 Å². The Balaban J connectivity index is 0.570. The minimum atomic E-state index is -0.796. The van der Waals surface area contributed by atoms with E-state index < -0.39 is 18.1 Å². The number of piperazine rings is 1. The largest absolute Gasteiger partial charge is 0.508 e. The average molecular weight is 1140 g/mol. The molecule has 7 atom stereocenters. The highest BCUT2D eigenvalue weighted by Crippen LogP contribution is 2.49. The summed E-state index contributed by atoms with van der Waals surface area (Å²) in [6.45, 7) is 19.3. The van der Waals surface area contributed by atoms with Gasteiger partial charge in [-0.1, -0.05) is 68.4 Å². The average Bonchev–Trinajstić information content (AvgIpc) is 2.38. The molecule has 0 radical (unpaired) electrons. The van der Waals surface area contributed by atoms with Gasteiger partial charge in [0.15, 0.2) is 11.6 Å². The molecule has 4 N–H and O–H groups in total. The maximum Gasteiger partial charge on any atom is 0.243 e. The van der Waals surface area contributed by atoms with Crippen molar-refractivity contribution in [1.29, 1.82) is 0 Å². The Morgan fingerprint density at radius 2 is 1.60 bits per heavy atom. The highest BCUT2D eigenvalue weighted by Gasteiger charge is 2.45. The number of β-amino-alcohol motifs (C(OH)–C–C–N with tert-alkyl or cyclic N) is 1. The fourth-order valence-electron chi connectivity index (χ4n) is 15.4. The van der Waals surface area contributed by atoms with Crippen molar-refractivity contribution >= 4 is 62.4 Å². The Bertz CT molecular complexity index is 3550. The number of phenolic OH excluding ortho intramolecular Hbond substituents is 1. The number of thiazole rings is 1. The van der Waals surface area contributed by atoms with Crippen LogP contribution in [0.4, 0.5) is 17.6 Å². The number of hydrogen-bond acceptors (Lipinski definition) is 16. The van der Waals surface area contributed by atoms with Crippen LogP contribution in [0.1, 0.15) is 125 Å². The number of rotatable bonds is 14. The third-order valence-corrected chi connectivity index (χ3v) is 20.9. The molecule has 83 heavy (non-hydrogen) atoms. The number of carbonyl (C=O) groups excluding carboxylic acids is 2. The predicted octanol–water partition coefficient (Wildman–Crippen LogP) is 9.41. The number of aromatic hydroxyl groups is 1. The number of piperidine rings is 2. The summed E-state index contributed by atoms with van der Waals surface area (Å²) in [5.41, 5.74) is 10.1. The van der Waals surface area contributed by atoms with Crippen LogP contribution in [0.5, 0.6) is 5.75 Å². The van der Waals surface area contributed by atoms with Crippen LogP contribution in [0.15, 0.2) is 76.9 Å². The van der Waals surface area contributed by atoms with Gasteiger partial charge in [0, 0.05) is 100 Å². The molecule has 6 aliphatic heterocycles. The smallest absolute Gasteiger partial charge is 0.243 e. The quantitative estimate of drug-likeness (QED) is 0.0805. The third kappa shape index (κ3) is 10.3. The number of likely N-dealkylation sites (tertiary alicyclic amines) is 2. The molecule has 14 rings (SSSR count). The number of hydrogen-bond donors (Lipinski definition) is 4. The Morgan fingerprint density at radius 1 is 0.843 bits per heavy atom. The molecular formula is C65H78N12O5S. The first kappa shape index (κ1) is 54.2. The third-order valence-electron chi connectivity index (χ3n) is 19.9. The first-order chi connectivity index (χ1) is 40.3. The van der Waals surface area contributed by atoms with E-state index in [1.165, 1.54) is 43.1 Å². The number of anilines is 3. The fourth-order valence-corrected chi connectivity index (χ4v) is 16.2. The zero-order chi connectivity index (χ0) is 56.8. The maximum absolute atomic E-state index is 14.4. The molecule has 7 aromatic rings. The fraction of sp³-hybridized carbons (Fsp3) is 0.523. The number of benzene rings is 3. The lowest BCUT2D eigenvalue weighted by Crippen LogP contribution is -2.51. The van der Waals surface area contributed by atoms with E-state index >= 15 is 0 Å². The van der Waals surface area contributed by atoms with Crippen molar-refractivity contribution in [3.63, 3.8) is 0 Å². The molecule has 6 saturated heterocycles. The molecule has 18 heteroatoms. The molecule has 1 aliphatic carbocycles. The van der Waals surface area contributed by atoms with E-state index in [4.69, 9.17) is 19.5 Å². The summed E-state index contributed by atoms with van der Waals surface area (Å²) < 4.78 is 5.96. The summed E-state index contributed by atoms with van der Waals surface area (Å²) in [5, 5.41) is 36.4. The van der Waals surface area contributed by atoms with Crippen LogP contribution in [0.25, 0.3) is 43.4 Å². The molecule has 3 unspecified atom stereocenters. The normalized spacial score (nSPS) is 24.0. The van der Waals surface area contributed by atoms with E-state index in [1.807, 2.05) is 69.7 Å². The van der Waals surface area contributed by atoms with Crippen LogP contribution in [0.2, 0.25) is 0 Å². The zero-order valence-corrected chi connectivity index (χ0v) is 49.3. The molecule has 4 aromatic heterocycles. The van der Waals surface area contributed by atoms with Gasteiger partial charge < -0.3 is 49.9 Å². The number of phenols is 1. The van der Waals surface area contributed by atoms with Crippen molar-refractivity contribution in [2.75, 3.05) is 80.1 Å². The van der Waals surface area contributed by atoms with Gasteiger partial charge in [-0.2, -0.15) is 4.98 Å². The van der Waals surface area contributed by atoms with Crippen LogP contribution >= 0.6 is 11.3 Å². The molecule has 2 bridgehead atoms. The lowest BCUT2D eigenvalue weighted by molar-refractivity contribution is -0.141. The molecular weight excluding hydrogens is 1060 g/mol. The standard InChI is InChI=1S/C65H78N12O5S/c1-36(2)56(64(81)77-34-49(79)26-53(77)63(80)68-38(4)43-9-11-44(12-10-43)61-39(5)67-35-83-61)54-27-55(72-82-54)75-30-42(31-75)23-40-15-19-73(20-16-40)29-41-17-21-74(22-18-41)65-70-60-52(62(71-65)76-32-46-13-14-47(33-76)69-46)28-66-59-51-25-48(78)24-45-7-6-8-50(58(45)51)37(3)57(59)60/h6-12,24-25,27-28,35-38,40-42,46-47,49,53,56,69,78-79H,13-23,26,29-34H2,1-5H3,(H,68,80)/t37?,38-,46?,47?,49+,53-,56+/m0/s1. The number of amides is 2. The first-order valence-electron chi connectivity index (χ1n) is 30.7. The summed E-state index contributed by atoms with van der Waals surface area (Å²) in [7, 11) is 0. The second-order valence-corrected chi connectivity index (χ2v) is 26.7. The Hall–Kier alpha value is -6.73. The number of aliphatic hydroxyl groups is 1. The minimum Gasteiger partial charge on any atom is -0.508 e. The van der Waals surface area contributed by atoms with Crippen LogP contribution in [0.3, 0.4) is 0 Å². The van der Waals surface area contributed by atoms with Crippen LogP contribution in [-0.4, -0.2) is 147 Å². The Kier molecular flexibility index (Phi) is 14.4. The van der Waals surface area contributed by atoms with Gasteiger partial charge in [-0.15, -0.1) is 11.3 Å².